The maximum atomic E-state index is 12.8. The third-order valence-corrected chi connectivity index (χ3v) is 4.53. The molecule has 1 saturated heterocycles. The Morgan fingerprint density at radius 3 is 2.50 bits per heavy atom. The molecule has 6 heteroatoms. The number of ketones is 1. The van der Waals surface area contributed by atoms with Gasteiger partial charge in [0.2, 0.25) is 5.60 Å². The maximum absolute atomic E-state index is 12.8. The first-order valence-electron chi connectivity index (χ1n) is 7.47. The number of hydrogen-bond acceptors (Lipinski definition) is 4. The lowest BCUT2D eigenvalue weighted by Crippen LogP contribution is -2.38. The molecule has 1 amide bonds. The molecule has 5 nitrogen and oxygen atoms in total. The van der Waals surface area contributed by atoms with Gasteiger partial charge in [0.1, 0.15) is 0 Å². The van der Waals surface area contributed by atoms with Crippen LogP contribution in [-0.4, -0.2) is 29.1 Å². The SMILES string of the molecule is CC1=NN(c2ccc(Cl)cc2)C(=O)C12OC2C(=O)c1ccccc1. The Labute approximate surface area is 143 Å². The fourth-order valence-electron chi connectivity index (χ4n) is 2.92. The molecule has 2 atom stereocenters. The first-order valence-corrected chi connectivity index (χ1v) is 7.85. The van der Waals surface area contributed by atoms with Crippen LogP contribution in [-0.2, 0) is 9.53 Å². The van der Waals surface area contributed by atoms with Crippen molar-refractivity contribution in [2.75, 3.05) is 5.01 Å². The fraction of sp³-hybridized carbons (Fsp3) is 0.167. The molecule has 0 N–H and O–H groups in total. The van der Waals surface area contributed by atoms with E-state index >= 15 is 0 Å². The molecule has 0 bridgehead atoms. The number of Topliss-reactive ketones (excluding diaryl/α,β-unsaturated/α-hetero) is 1. The average Bonchev–Trinajstić information content (AvgIpc) is 3.31. The summed E-state index contributed by atoms with van der Waals surface area (Å²) in [5, 5.41) is 6.13. The molecule has 2 aromatic rings. The number of epoxide rings is 1. The van der Waals surface area contributed by atoms with Crippen LogP contribution >= 0.6 is 11.6 Å². The van der Waals surface area contributed by atoms with Crippen LogP contribution < -0.4 is 5.01 Å². The smallest absolute Gasteiger partial charge is 0.288 e. The van der Waals surface area contributed by atoms with E-state index in [0.717, 1.165) is 0 Å². The molecule has 0 aromatic heterocycles. The van der Waals surface area contributed by atoms with E-state index in [1.54, 1.807) is 55.5 Å². The van der Waals surface area contributed by atoms with Gasteiger partial charge in [-0.1, -0.05) is 41.9 Å². The summed E-state index contributed by atoms with van der Waals surface area (Å²) in [4.78, 5) is 25.4. The predicted octanol–water partition coefficient (Wildman–Crippen LogP) is 3.08. The number of rotatable bonds is 3. The summed E-state index contributed by atoms with van der Waals surface area (Å²) in [7, 11) is 0. The summed E-state index contributed by atoms with van der Waals surface area (Å²) < 4.78 is 5.58. The van der Waals surface area contributed by atoms with Gasteiger partial charge in [-0.15, -0.1) is 0 Å². The number of benzene rings is 2. The molecule has 2 unspecified atom stereocenters. The zero-order chi connectivity index (χ0) is 16.9. The highest BCUT2D eigenvalue weighted by Crippen LogP contribution is 2.46. The summed E-state index contributed by atoms with van der Waals surface area (Å²) in [6.45, 7) is 1.70. The Kier molecular flexibility index (Phi) is 3.30. The van der Waals surface area contributed by atoms with Crippen LogP contribution in [0.3, 0.4) is 0 Å². The quantitative estimate of drug-likeness (QED) is 0.637. The van der Waals surface area contributed by atoms with Crippen LogP contribution in [0.2, 0.25) is 5.02 Å². The summed E-state index contributed by atoms with van der Waals surface area (Å²) in [6, 6.07) is 15.6. The van der Waals surface area contributed by atoms with Crippen molar-refractivity contribution in [3.05, 3.63) is 65.2 Å². The molecular formula is C18H13ClN2O3. The number of halogens is 1. The van der Waals surface area contributed by atoms with Gasteiger partial charge < -0.3 is 4.74 Å². The van der Waals surface area contributed by atoms with Gasteiger partial charge >= 0.3 is 0 Å². The lowest BCUT2D eigenvalue weighted by Gasteiger charge is -2.12. The zero-order valence-corrected chi connectivity index (χ0v) is 13.5. The number of carbonyl (C=O) groups is 2. The summed E-state index contributed by atoms with van der Waals surface area (Å²) in [5.74, 6) is -0.562. The van der Waals surface area contributed by atoms with Crippen molar-refractivity contribution >= 4 is 34.7 Å². The molecule has 120 valence electrons. The Bertz CT molecular complexity index is 864. The van der Waals surface area contributed by atoms with Gasteiger partial charge in [0.15, 0.2) is 11.9 Å². The minimum atomic E-state index is -1.27. The van der Waals surface area contributed by atoms with Crippen LogP contribution in [0.15, 0.2) is 59.7 Å². The highest BCUT2D eigenvalue weighted by Gasteiger charge is 2.72. The molecule has 0 saturated carbocycles. The first kappa shape index (κ1) is 15.1. The van der Waals surface area contributed by atoms with Gasteiger partial charge in [-0.25, -0.2) is 0 Å². The second-order valence-corrected chi connectivity index (χ2v) is 6.18. The topological polar surface area (TPSA) is 62.3 Å². The van der Waals surface area contributed by atoms with Crippen LogP contribution in [0, 0.1) is 0 Å². The van der Waals surface area contributed by atoms with Gasteiger partial charge in [0.05, 0.1) is 11.4 Å². The van der Waals surface area contributed by atoms with Crippen LogP contribution in [0.5, 0.6) is 0 Å². The van der Waals surface area contributed by atoms with Crippen molar-refractivity contribution in [2.24, 2.45) is 5.10 Å². The number of hydrazone groups is 1. The molecular weight excluding hydrogens is 328 g/mol. The van der Waals surface area contributed by atoms with Gasteiger partial charge in [-0.3, -0.25) is 9.59 Å². The molecule has 0 aliphatic carbocycles. The van der Waals surface area contributed by atoms with E-state index in [-0.39, 0.29) is 11.7 Å². The Morgan fingerprint density at radius 1 is 1.17 bits per heavy atom. The second-order valence-electron chi connectivity index (χ2n) is 5.74. The van der Waals surface area contributed by atoms with Gasteiger partial charge in [-0.2, -0.15) is 10.1 Å². The average molecular weight is 341 g/mol. The molecule has 24 heavy (non-hydrogen) atoms. The van der Waals surface area contributed by atoms with Gasteiger partial charge in [-0.05, 0) is 31.2 Å². The summed E-state index contributed by atoms with van der Waals surface area (Å²) in [6.07, 6.45) is -0.826. The molecule has 2 aromatic carbocycles. The van der Waals surface area contributed by atoms with Crippen molar-refractivity contribution in [1.82, 2.24) is 0 Å². The predicted molar refractivity (Wildman–Crippen MR) is 90.4 cm³/mol. The van der Waals surface area contributed by atoms with E-state index in [9.17, 15) is 9.59 Å². The minimum Gasteiger partial charge on any atom is -0.341 e. The normalized spacial score (nSPS) is 25.1. The molecule has 2 aliphatic rings. The van der Waals surface area contributed by atoms with Gasteiger partial charge in [0, 0.05) is 10.6 Å². The first-order chi connectivity index (χ1) is 11.5. The second kappa shape index (κ2) is 5.26. The zero-order valence-electron chi connectivity index (χ0n) is 12.8. The Hall–Kier alpha value is -2.50. The molecule has 2 heterocycles. The van der Waals surface area contributed by atoms with Crippen molar-refractivity contribution in [2.45, 2.75) is 18.6 Å². The molecule has 1 fully saturated rings. The third-order valence-electron chi connectivity index (χ3n) is 4.28. The van der Waals surface area contributed by atoms with E-state index in [0.29, 0.717) is 22.0 Å². The molecule has 0 radical (unpaired) electrons. The van der Waals surface area contributed by atoms with E-state index in [2.05, 4.69) is 5.10 Å². The van der Waals surface area contributed by atoms with E-state index in [1.165, 1.54) is 5.01 Å². The molecule has 1 spiro atoms. The van der Waals surface area contributed by atoms with Crippen molar-refractivity contribution < 1.29 is 14.3 Å². The minimum absolute atomic E-state index is 0.212. The van der Waals surface area contributed by atoms with E-state index < -0.39 is 11.7 Å². The van der Waals surface area contributed by atoms with Crippen LogP contribution in [0.4, 0.5) is 5.69 Å². The summed E-state index contributed by atoms with van der Waals surface area (Å²) >= 11 is 5.88. The lowest BCUT2D eigenvalue weighted by atomic mass is 9.94. The van der Waals surface area contributed by atoms with E-state index in [4.69, 9.17) is 16.3 Å². The number of ether oxygens (including phenoxy) is 1. The maximum Gasteiger partial charge on any atom is 0.288 e. The standard InChI is InChI=1S/C18H13ClN2O3/c1-11-18(16(24-18)15(22)12-5-3-2-4-6-12)17(23)21(20-11)14-9-7-13(19)8-10-14/h2-10,16H,1H3. The number of amides is 1. The number of hydrogen-bond donors (Lipinski definition) is 0. The molecule has 2 aliphatic heterocycles. The van der Waals surface area contributed by atoms with Crippen LogP contribution in [0.25, 0.3) is 0 Å². The van der Waals surface area contributed by atoms with E-state index in [1.807, 2.05) is 6.07 Å². The van der Waals surface area contributed by atoms with Gasteiger partial charge in [0.25, 0.3) is 5.91 Å². The largest absolute Gasteiger partial charge is 0.341 e. The van der Waals surface area contributed by atoms with Crippen molar-refractivity contribution in [3.8, 4) is 0 Å². The van der Waals surface area contributed by atoms with Crippen molar-refractivity contribution in [1.29, 1.82) is 0 Å². The Balaban J connectivity index is 1.62. The monoisotopic (exact) mass is 340 g/mol. The number of anilines is 1. The highest BCUT2D eigenvalue weighted by atomic mass is 35.5. The number of nitrogens with zero attached hydrogens (tertiary/aromatic N) is 2. The Morgan fingerprint density at radius 2 is 1.83 bits per heavy atom. The number of carbonyl (C=O) groups excluding carboxylic acids is 2. The van der Waals surface area contributed by atoms with Crippen LogP contribution in [0.1, 0.15) is 17.3 Å². The third kappa shape index (κ3) is 2.09. The summed E-state index contributed by atoms with van der Waals surface area (Å²) in [5.41, 5.74) is 0.315. The van der Waals surface area contributed by atoms with Crippen molar-refractivity contribution in [3.63, 3.8) is 0 Å². The fourth-order valence-corrected chi connectivity index (χ4v) is 3.05. The lowest BCUT2D eigenvalue weighted by molar-refractivity contribution is -0.120. The molecule has 4 rings (SSSR count). The highest BCUT2D eigenvalue weighted by molar-refractivity contribution is 6.31.